The molecule has 77 heavy (non-hydrogen) atoms. The minimum absolute atomic E-state index is 0. The van der Waals surface area contributed by atoms with Gasteiger partial charge in [-0.2, -0.15) is 12.1 Å². The number of nitrogens with zero attached hydrogens (tertiary/aromatic N) is 5. The Morgan fingerprint density at radius 3 is 1.81 bits per heavy atom. The van der Waals surface area contributed by atoms with E-state index in [1.165, 1.54) is 54.8 Å². The van der Waals surface area contributed by atoms with E-state index in [1.807, 2.05) is 18.3 Å². The standard InChI is InChI=1S/C69H66N5OSi.Pt/c1-67(2,3)46-34-35-70-65(40-46)74-62-33-30-50(73-60-27-15-13-24-56(60)57-25-14-16-28-61(57)73)42-59(62)58-32-31-53(43-64(58)74)75-52-22-18-21-49(41-52)71-44-72(51-38-47(68(4,5)6)37-48(39-51)69(7,8)9)66-55(26-19-29-63(66)71)45-20-17-23-54(36-45)76(10,11)12;/h13-40,42,44H,1-12H3;/q-3;. The van der Waals surface area contributed by atoms with Gasteiger partial charge in [-0.05, 0) is 105 Å². The molecule has 390 valence electrons. The average molecular weight is 1200 g/mol. The molecule has 0 saturated heterocycles. The first-order valence-electron chi connectivity index (χ1n) is 26.7. The first-order valence-corrected chi connectivity index (χ1v) is 30.2. The fraction of sp³-hybridized carbons (Fsp3) is 0.217. The number of rotatable bonds is 8. The summed E-state index contributed by atoms with van der Waals surface area (Å²) in [5.74, 6) is 2.01. The number of hydrogen-bond donors (Lipinski definition) is 0. The normalized spacial score (nSPS) is 13.2. The van der Waals surface area contributed by atoms with Gasteiger partial charge >= 0.3 is 0 Å². The number of fused-ring (bicyclic) bond motifs is 7. The molecule has 4 heterocycles. The molecular weight excluding hydrogens is 1140 g/mol. The average Bonchev–Trinajstić information content (AvgIpc) is 4.13. The number of para-hydroxylation sites is 3. The van der Waals surface area contributed by atoms with Crippen LogP contribution in [0, 0.1) is 18.8 Å². The van der Waals surface area contributed by atoms with Gasteiger partial charge in [0.1, 0.15) is 5.82 Å². The molecule has 0 radical (unpaired) electrons. The summed E-state index contributed by atoms with van der Waals surface area (Å²) in [6.07, 6.45) is 1.92. The summed E-state index contributed by atoms with van der Waals surface area (Å²) in [6, 6.07) is 69.4. The molecular formula is C69H66N5OPtSi-3. The zero-order chi connectivity index (χ0) is 53.1. The van der Waals surface area contributed by atoms with E-state index in [0.717, 1.165) is 56.1 Å². The number of aromatic nitrogens is 3. The van der Waals surface area contributed by atoms with Gasteiger partial charge in [-0.15, -0.1) is 48.1 Å². The Balaban J connectivity index is 0.00000631. The van der Waals surface area contributed by atoms with Gasteiger partial charge in [0.2, 0.25) is 0 Å². The van der Waals surface area contributed by atoms with Crippen LogP contribution in [0.5, 0.6) is 11.5 Å². The second-order valence-electron chi connectivity index (χ2n) is 24.8. The van der Waals surface area contributed by atoms with Crippen LogP contribution >= 0.6 is 0 Å². The van der Waals surface area contributed by atoms with Crippen molar-refractivity contribution in [3.05, 3.63) is 212 Å². The zero-order valence-electron chi connectivity index (χ0n) is 46.3. The van der Waals surface area contributed by atoms with Gasteiger partial charge in [0.05, 0.1) is 19.1 Å². The Morgan fingerprint density at radius 2 is 1.13 bits per heavy atom. The summed E-state index contributed by atoms with van der Waals surface area (Å²) in [7, 11) is -1.61. The van der Waals surface area contributed by atoms with Crippen LogP contribution < -0.4 is 19.7 Å². The van der Waals surface area contributed by atoms with Crippen molar-refractivity contribution >= 4 is 79.6 Å². The first kappa shape index (κ1) is 51.9. The van der Waals surface area contributed by atoms with Crippen LogP contribution in [0.15, 0.2) is 176 Å². The van der Waals surface area contributed by atoms with E-state index in [4.69, 9.17) is 9.72 Å². The third-order valence-corrected chi connectivity index (χ3v) is 17.3. The molecule has 0 unspecified atom stereocenters. The number of hydrogen-bond acceptors (Lipinski definition) is 4. The Kier molecular flexibility index (Phi) is 12.9. The molecule has 6 nitrogen and oxygen atoms in total. The minimum Gasteiger partial charge on any atom is -0.509 e. The Hall–Kier alpha value is -7.18. The molecule has 8 aromatic carbocycles. The molecule has 0 N–H and O–H groups in total. The predicted octanol–water partition coefficient (Wildman–Crippen LogP) is 18.2. The monoisotopic (exact) mass is 1200 g/mol. The van der Waals surface area contributed by atoms with Crippen molar-refractivity contribution in [2.24, 2.45) is 0 Å². The Morgan fingerprint density at radius 1 is 0.494 bits per heavy atom. The quantitative estimate of drug-likeness (QED) is 0.112. The van der Waals surface area contributed by atoms with Gasteiger partial charge in [0.25, 0.3) is 0 Å². The van der Waals surface area contributed by atoms with Crippen molar-refractivity contribution in [3.63, 3.8) is 0 Å². The number of pyridine rings is 1. The van der Waals surface area contributed by atoms with Crippen molar-refractivity contribution in [2.75, 3.05) is 9.80 Å². The second kappa shape index (κ2) is 19.1. The van der Waals surface area contributed by atoms with E-state index in [9.17, 15) is 0 Å². The van der Waals surface area contributed by atoms with Crippen LogP contribution in [-0.4, -0.2) is 22.2 Å². The molecule has 0 amide bonds. The summed E-state index contributed by atoms with van der Waals surface area (Å²) >= 11 is 0. The second-order valence-corrected chi connectivity index (χ2v) is 29.9. The fourth-order valence-corrected chi connectivity index (χ4v) is 12.1. The van der Waals surface area contributed by atoms with Gasteiger partial charge in [0.15, 0.2) is 0 Å². The van der Waals surface area contributed by atoms with Crippen LogP contribution in [0.1, 0.15) is 79.0 Å². The molecule has 11 aromatic rings. The zero-order valence-corrected chi connectivity index (χ0v) is 49.6. The molecule has 0 atom stereocenters. The SMILES string of the molecule is CC(C)(C)c1cc(N2[CH-]N(c3[c-]c(Oc4[c-]c5c(cc4)c4cc(-n6c7ccccc7c7ccccc76)ccc4n5-c4cc(C(C)(C)C)ccn4)ccc3)c3cccc(-c4cccc([Si](C)(C)C)c4)c32)cc(C(C)(C)C)c1.[Pt]. The van der Waals surface area contributed by atoms with Crippen LogP contribution in [0.4, 0.5) is 22.7 Å². The molecule has 3 aromatic heterocycles. The molecule has 0 spiro atoms. The van der Waals surface area contributed by atoms with Crippen LogP contribution in [0.3, 0.4) is 0 Å². The van der Waals surface area contributed by atoms with E-state index in [0.29, 0.717) is 11.5 Å². The Labute approximate surface area is 470 Å². The van der Waals surface area contributed by atoms with E-state index in [1.54, 1.807) is 0 Å². The van der Waals surface area contributed by atoms with Gasteiger partial charge in [-0.3, -0.25) is 0 Å². The number of ether oxygens (including phenoxy) is 1. The molecule has 8 heteroatoms. The first-order chi connectivity index (χ1) is 36.2. The summed E-state index contributed by atoms with van der Waals surface area (Å²) in [6.45, 7) is 30.1. The number of anilines is 4. The van der Waals surface area contributed by atoms with Crippen LogP contribution in [0.25, 0.3) is 66.2 Å². The van der Waals surface area contributed by atoms with Crippen LogP contribution in [-0.2, 0) is 37.3 Å². The van der Waals surface area contributed by atoms with Crippen molar-refractivity contribution < 1.29 is 25.8 Å². The molecule has 1 aliphatic rings. The maximum atomic E-state index is 6.88. The van der Waals surface area contributed by atoms with Gasteiger partial charge in [0, 0.05) is 83.4 Å². The topological polar surface area (TPSA) is 38.5 Å². The van der Waals surface area contributed by atoms with E-state index in [2.05, 4.69) is 277 Å². The smallest absolute Gasteiger partial charge is 0.135 e. The third kappa shape index (κ3) is 9.40. The molecule has 0 bridgehead atoms. The minimum atomic E-state index is -1.61. The molecule has 1 aliphatic heterocycles. The summed E-state index contributed by atoms with van der Waals surface area (Å²) in [4.78, 5) is 9.68. The summed E-state index contributed by atoms with van der Waals surface area (Å²) < 4.78 is 11.5. The maximum Gasteiger partial charge on any atom is 0.135 e. The maximum absolute atomic E-state index is 6.88. The number of benzene rings is 8. The molecule has 0 fully saturated rings. The van der Waals surface area contributed by atoms with E-state index >= 15 is 0 Å². The van der Waals surface area contributed by atoms with Crippen LogP contribution in [0.2, 0.25) is 19.6 Å². The predicted molar refractivity (Wildman–Crippen MR) is 323 cm³/mol. The van der Waals surface area contributed by atoms with Gasteiger partial charge < -0.3 is 23.7 Å². The fourth-order valence-electron chi connectivity index (χ4n) is 10.9. The van der Waals surface area contributed by atoms with Gasteiger partial charge in [-0.1, -0.05) is 172 Å². The van der Waals surface area contributed by atoms with E-state index < -0.39 is 8.07 Å². The third-order valence-electron chi connectivity index (χ3n) is 15.3. The molecule has 0 aliphatic carbocycles. The Bertz CT molecular complexity index is 4000. The van der Waals surface area contributed by atoms with Crippen molar-refractivity contribution in [1.29, 1.82) is 0 Å². The largest absolute Gasteiger partial charge is 0.509 e. The molecule has 0 saturated carbocycles. The van der Waals surface area contributed by atoms with Crippen molar-refractivity contribution in [2.45, 2.75) is 98.2 Å². The summed E-state index contributed by atoms with van der Waals surface area (Å²) in [5, 5.41) is 6.07. The molecule has 12 rings (SSSR count). The summed E-state index contributed by atoms with van der Waals surface area (Å²) in [5.41, 5.74) is 15.6. The van der Waals surface area contributed by atoms with Gasteiger partial charge in [-0.25, -0.2) is 4.98 Å². The van der Waals surface area contributed by atoms with Crippen molar-refractivity contribution in [3.8, 4) is 34.1 Å². The van der Waals surface area contributed by atoms with Crippen molar-refractivity contribution in [1.82, 2.24) is 14.1 Å². The van der Waals surface area contributed by atoms with E-state index in [-0.39, 0.29) is 37.3 Å².